The molecule has 0 radical (unpaired) electrons. The Labute approximate surface area is 139 Å². The van der Waals surface area contributed by atoms with Crippen LogP contribution in [0.3, 0.4) is 0 Å². The van der Waals surface area contributed by atoms with Gasteiger partial charge in [0.05, 0.1) is 26.8 Å². The van der Waals surface area contributed by atoms with Crippen molar-refractivity contribution in [3.63, 3.8) is 0 Å². The summed E-state index contributed by atoms with van der Waals surface area (Å²) in [6.45, 7) is 0. The Morgan fingerprint density at radius 3 is 2.83 bits per heavy atom. The van der Waals surface area contributed by atoms with Crippen molar-refractivity contribution in [1.82, 2.24) is 14.5 Å². The third-order valence-electron chi connectivity index (χ3n) is 3.70. The van der Waals surface area contributed by atoms with Crippen molar-refractivity contribution < 1.29 is 14.3 Å². The number of rotatable bonds is 3. The average molecular weight is 342 g/mol. The Balaban J connectivity index is 1.75. The van der Waals surface area contributed by atoms with E-state index < -0.39 is 5.97 Å². The van der Waals surface area contributed by atoms with Crippen LogP contribution in [0.2, 0.25) is 0 Å². The Bertz CT molecular complexity index is 1100. The summed E-state index contributed by atoms with van der Waals surface area (Å²) < 4.78 is 15.9. The summed E-state index contributed by atoms with van der Waals surface area (Å²) in [6.07, 6.45) is 0. The fraction of sp³-hybridized carbons (Fsp3) is 0.0625. The number of hydrogen-bond donors (Lipinski definition) is 2. The minimum Gasteiger partial charge on any atom is -0.478 e. The molecule has 2 N–H and O–H groups in total. The second-order valence-electron chi connectivity index (χ2n) is 5.26. The molecule has 0 aliphatic rings. The fourth-order valence-corrected chi connectivity index (χ4v) is 3.33. The lowest BCUT2D eigenvalue weighted by molar-refractivity contribution is 0.0697. The van der Waals surface area contributed by atoms with Crippen LogP contribution >= 0.6 is 11.3 Å². The van der Waals surface area contributed by atoms with Gasteiger partial charge in [0.1, 0.15) is 5.82 Å². The van der Waals surface area contributed by atoms with Gasteiger partial charge in [0.25, 0.3) is 0 Å². The molecular weight excluding hydrogens is 331 g/mol. The summed E-state index contributed by atoms with van der Waals surface area (Å²) in [5.41, 5.74) is 2.14. The van der Waals surface area contributed by atoms with Crippen molar-refractivity contribution in [3.8, 4) is 0 Å². The Morgan fingerprint density at radius 1 is 1.21 bits per heavy atom. The zero-order chi connectivity index (χ0) is 16.8. The number of anilines is 2. The summed E-state index contributed by atoms with van der Waals surface area (Å²) in [7, 11) is 1.82. The molecule has 0 amide bonds. The minimum absolute atomic E-state index is 0.183. The highest BCUT2D eigenvalue weighted by Gasteiger charge is 2.13. The number of aromatic carboxylic acids is 1. The van der Waals surface area contributed by atoms with Crippen molar-refractivity contribution >= 4 is 49.6 Å². The molecule has 6 nitrogen and oxygen atoms in total. The van der Waals surface area contributed by atoms with Gasteiger partial charge >= 0.3 is 5.97 Å². The van der Waals surface area contributed by atoms with Crippen molar-refractivity contribution in [2.75, 3.05) is 5.32 Å². The van der Waals surface area contributed by atoms with Gasteiger partial charge in [-0.3, -0.25) is 0 Å². The predicted octanol–water partition coefficient (Wildman–Crippen LogP) is 3.76. The van der Waals surface area contributed by atoms with E-state index in [1.54, 1.807) is 12.1 Å². The molecule has 24 heavy (non-hydrogen) atoms. The highest BCUT2D eigenvalue weighted by atomic mass is 32.1. The van der Waals surface area contributed by atoms with E-state index in [1.165, 1.54) is 35.6 Å². The number of thiazole rings is 1. The van der Waals surface area contributed by atoms with Crippen LogP contribution in [-0.2, 0) is 7.05 Å². The summed E-state index contributed by atoms with van der Waals surface area (Å²) in [5.74, 6) is -0.791. The monoisotopic (exact) mass is 342 g/mol. The molecular formula is C16H11FN4O2S. The van der Waals surface area contributed by atoms with E-state index in [1.807, 2.05) is 11.6 Å². The SMILES string of the molecule is Cn1c(Nc2nc3cc(F)ccc3s2)nc2cc(C(=O)O)ccc21. The Kier molecular flexibility index (Phi) is 3.20. The number of carboxylic acids is 1. The number of carboxylic acid groups (broad SMARTS) is 1. The lowest BCUT2D eigenvalue weighted by Gasteiger charge is -2.02. The first-order valence-corrected chi connectivity index (χ1v) is 7.86. The number of benzene rings is 2. The van der Waals surface area contributed by atoms with Gasteiger partial charge in [-0.2, -0.15) is 0 Å². The normalized spacial score (nSPS) is 11.2. The predicted molar refractivity (Wildman–Crippen MR) is 90.5 cm³/mol. The maximum atomic E-state index is 13.3. The fourth-order valence-electron chi connectivity index (χ4n) is 2.49. The van der Waals surface area contributed by atoms with Crippen LogP contribution in [-0.4, -0.2) is 25.6 Å². The van der Waals surface area contributed by atoms with Gasteiger partial charge in [-0.15, -0.1) is 0 Å². The van der Waals surface area contributed by atoms with Crippen LogP contribution in [0.5, 0.6) is 0 Å². The van der Waals surface area contributed by atoms with E-state index >= 15 is 0 Å². The molecule has 120 valence electrons. The molecule has 0 bridgehead atoms. The van der Waals surface area contributed by atoms with Gasteiger partial charge in [0.15, 0.2) is 5.13 Å². The summed E-state index contributed by atoms with van der Waals surface area (Å²) in [6, 6.07) is 9.23. The zero-order valence-corrected chi connectivity index (χ0v) is 13.3. The number of nitrogens with zero attached hydrogens (tertiary/aromatic N) is 3. The largest absolute Gasteiger partial charge is 0.478 e. The van der Waals surface area contributed by atoms with Crippen molar-refractivity contribution in [3.05, 3.63) is 47.8 Å². The number of aromatic nitrogens is 3. The second-order valence-corrected chi connectivity index (χ2v) is 6.29. The molecule has 0 unspecified atom stereocenters. The van der Waals surface area contributed by atoms with E-state index in [2.05, 4.69) is 15.3 Å². The van der Waals surface area contributed by atoms with Crippen LogP contribution in [0.1, 0.15) is 10.4 Å². The van der Waals surface area contributed by atoms with Gasteiger partial charge in [0, 0.05) is 13.1 Å². The minimum atomic E-state index is -0.995. The van der Waals surface area contributed by atoms with Crippen molar-refractivity contribution in [2.24, 2.45) is 7.05 Å². The third kappa shape index (κ3) is 2.37. The van der Waals surface area contributed by atoms with Gasteiger partial charge in [0.2, 0.25) is 5.95 Å². The van der Waals surface area contributed by atoms with Crippen molar-refractivity contribution in [2.45, 2.75) is 0 Å². The molecule has 0 spiro atoms. The molecule has 4 aromatic rings. The number of carbonyl (C=O) groups is 1. The lowest BCUT2D eigenvalue weighted by atomic mass is 10.2. The maximum Gasteiger partial charge on any atom is 0.335 e. The maximum absolute atomic E-state index is 13.3. The molecule has 0 aliphatic carbocycles. The summed E-state index contributed by atoms with van der Waals surface area (Å²) in [5, 5.41) is 12.8. The third-order valence-corrected chi connectivity index (χ3v) is 4.65. The van der Waals surface area contributed by atoms with Gasteiger partial charge in [-0.1, -0.05) is 11.3 Å². The molecule has 2 aromatic heterocycles. The summed E-state index contributed by atoms with van der Waals surface area (Å²) in [4.78, 5) is 19.8. The first-order valence-electron chi connectivity index (χ1n) is 7.04. The van der Waals surface area contributed by atoms with E-state index in [4.69, 9.17) is 5.11 Å². The Hall–Kier alpha value is -3.00. The van der Waals surface area contributed by atoms with Gasteiger partial charge in [-0.25, -0.2) is 19.2 Å². The number of nitrogens with one attached hydrogen (secondary N) is 1. The molecule has 0 aliphatic heterocycles. The first kappa shape index (κ1) is 14.6. The highest BCUT2D eigenvalue weighted by Crippen LogP contribution is 2.29. The zero-order valence-electron chi connectivity index (χ0n) is 12.4. The van der Waals surface area contributed by atoms with Gasteiger partial charge < -0.3 is 15.0 Å². The van der Waals surface area contributed by atoms with Gasteiger partial charge in [-0.05, 0) is 30.3 Å². The smallest absolute Gasteiger partial charge is 0.335 e. The molecule has 2 aromatic carbocycles. The standard InChI is InChI=1S/C16H11FN4O2S/c1-21-12-4-2-8(14(22)23)6-10(12)18-15(21)20-16-19-11-7-9(17)3-5-13(11)24-16/h2-7H,1H3,(H,22,23)(H,18,19,20). The van der Waals surface area contributed by atoms with E-state index in [0.717, 1.165) is 10.2 Å². The number of halogens is 1. The highest BCUT2D eigenvalue weighted by molar-refractivity contribution is 7.22. The lowest BCUT2D eigenvalue weighted by Crippen LogP contribution is -1.98. The topological polar surface area (TPSA) is 80.0 Å². The molecule has 8 heteroatoms. The van der Waals surface area contributed by atoms with Crippen LogP contribution in [0, 0.1) is 5.82 Å². The number of imidazole rings is 1. The van der Waals surface area contributed by atoms with Crippen molar-refractivity contribution in [1.29, 1.82) is 0 Å². The average Bonchev–Trinajstić information content (AvgIpc) is 3.08. The molecule has 4 rings (SSSR count). The van der Waals surface area contributed by atoms with Crippen LogP contribution in [0.15, 0.2) is 36.4 Å². The number of fused-ring (bicyclic) bond motifs is 2. The van der Waals surface area contributed by atoms with E-state index in [0.29, 0.717) is 22.1 Å². The van der Waals surface area contributed by atoms with Crippen LogP contribution in [0.25, 0.3) is 21.3 Å². The Morgan fingerprint density at radius 2 is 2.04 bits per heavy atom. The molecule has 2 heterocycles. The molecule has 0 saturated heterocycles. The number of hydrogen-bond acceptors (Lipinski definition) is 5. The van der Waals surface area contributed by atoms with Crippen LogP contribution < -0.4 is 5.32 Å². The molecule has 0 fully saturated rings. The molecule has 0 atom stereocenters. The van der Waals surface area contributed by atoms with E-state index in [9.17, 15) is 9.18 Å². The van der Waals surface area contributed by atoms with Crippen LogP contribution in [0.4, 0.5) is 15.5 Å². The quantitative estimate of drug-likeness (QED) is 0.592. The second kappa shape index (κ2) is 5.27. The summed E-state index contributed by atoms with van der Waals surface area (Å²) >= 11 is 1.39. The van der Waals surface area contributed by atoms with E-state index in [-0.39, 0.29) is 11.4 Å². The first-order chi connectivity index (χ1) is 11.5. The number of aryl methyl sites for hydroxylation is 1. The molecule has 0 saturated carbocycles.